The van der Waals surface area contributed by atoms with E-state index in [-0.39, 0.29) is 0 Å². The maximum Gasteiger partial charge on any atom is -0.0228 e. The lowest BCUT2D eigenvalue weighted by Crippen LogP contribution is -1.90. The van der Waals surface area contributed by atoms with Gasteiger partial charge in [-0.1, -0.05) is 71.8 Å². The van der Waals surface area contributed by atoms with Gasteiger partial charge in [-0.05, 0) is 62.8 Å². The van der Waals surface area contributed by atoms with Crippen molar-refractivity contribution in [2.75, 3.05) is 0 Å². The molecule has 0 heteroatoms. The van der Waals surface area contributed by atoms with Crippen molar-refractivity contribution in [3.8, 4) is 0 Å². The highest BCUT2D eigenvalue weighted by molar-refractivity contribution is 5.71. The number of aryl methyl sites for hydroxylation is 2. The highest BCUT2D eigenvalue weighted by Crippen LogP contribution is 2.27. The summed E-state index contributed by atoms with van der Waals surface area (Å²) in [5.74, 6) is 0. The molecule has 0 spiro atoms. The molecule has 0 aliphatic rings. The summed E-state index contributed by atoms with van der Waals surface area (Å²) >= 11 is 0. The molecule has 0 aromatic heterocycles. The van der Waals surface area contributed by atoms with E-state index in [2.05, 4.69) is 88.4 Å². The summed E-state index contributed by atoms with van der Waals surface area (Å²) in [6, 6.07) is 17.7. The lowest BCUT2D eigenvalue weighted by molar-refractivity contribution is 1.08. The Kier molecular flexibility index (Phi) is 5.77. The third-order valence-corrected chi connectivity index (χ3v) is 4.21. The zero-order valence-electron chi connectivity index (χ0n) is 14.2. The smallest absolute Gasteiger partial charge is 0.0228 e. The standard InChI is InChI=1S/C22H26/c1-5-19(21-11-7-17(3)8-12-21)15-16-20(6-2)22-13-9-18(4)10-14-22/h5-14H,15-16H2,1-4H3/b19-5-,20-6-. The second-order valence-corrected chi connectivity index (χ2v) is 5.86. The van der Waals surface area contributed by atoms with Gasteiger partial charge in [0, 0.05) is 0 Å². The van der Waals surface area contributed by atoms with Crippen LogP contribution in [-0.4, -0.2) is 0 Å². The lowest BCUT2D eigenvalue weighted by atomic mass is 9.94. The van der Waals surface area contributed by atoms with E-state index in [0.29, 0.717) is 0 Å². The Hall–Kier alpha value is -2.08. The summed E-state index contributed by atoms with van der Waals surface area (Å²) in [4.78, 5) is 0. The first-order chi connectivity index (χ1) is 10.6. The summed E-state index contributed by atoms with van der Waals surface area (Å²) < 4.78 is 0. The molecule has 0 N–H and O–H groups in total. The van der Waals surface area contributed by atoms with Gasteiger partial charge in [0.2, 0.25) is 0 Å². The lowest BCUT2D eigenvalue weighted by Gasteiger charge is -2.11. The van der Waals surface area contributed by atoms with Crippen molar-refractivity contribution in [2.45, 2.75) is 40.5 Å². The van der Waals surface area contributed by atoms with E-state index in [1.165, 1.54) is 33.4 Å². The van der Waals surface area contributed by atoms with Crippen LogP contribution in [-0.2, 0) is 0 Å². The molecule has 0 fully saturated rings. The molecule has 0 heterocycles. The molecule has 2 aromatic rings. The van der Waals surface area contributed by atoms with Crippen LogP contribution in [0.4, 0.5) is 0 Å². The fourth-order valence-electron chi connectivity index (χ4n) is 2.72. The maximum atomic E-state index is 2.24. The van der Waals surface area contributed by atoms with Crippen molar-refractivity contribution in [1.29, 1.82) is 0 Å². The molecule has 0 bridgehead atoms. The van der Waals surface area contributed by atoms with Crippen LogP contribution in [0, 0.1) is 13.8 Å². The zero-order valence-corrected chi connectivity index (χ0v) is 14.2. The van der Waals surface area contributed by atoms with E-state index < -0.39 is 0 Å². The molecule has 0 aliphatic carbocycles. The van der Waals surface area contributed by atoms with Crippen LogP contribution in [0.3, 0.4) is 0 Å². The fraction of sp³-hybridized carbons (Fsp3) is 0.273. The molecular weight excluding hydrogens is 264 g/mol. The Bertz CT molecular complexity index is 591. The average Bonchev–Trinajstić information content (AvgIpc) is 2.54. The number of hydrogen-bond donors (Lipinski definition) is 0. The summed E-state index contributed by atoms with van der Waals surface area (Å²) in [7, 11) is 0. The quantitative estimate of drug-likeness (QED) is 0.582. The predicted octanol–water partition coefficient (Wildman–Crippen LogP) is 6.59. The zero-order chi connectivity index (χ0) is 15.9. The molecule has 2 rings (SSSR count). The largest absolute Gasteiger partial charge is 0.0838 e. The van der Waals surface area contributed by atoms with Gasteiger partial charge in [0.05, 0.1) is 0 Å². The Balaban J connectivity index is 2.09. The first-order valence-corrected chi connectivity index (χ1v) is 8.08. The molecule has 0 amide bonds. The van der Waals surface area contributed by atoms with E-state index in [4.69, 9.17) is 0 Å². The van der Waals surface area contributed by atoms with Crippen LogP contribution in [0.1, 0.15) is 48.9 Å². The molecule has 0 nitrogen and oxygen atoms in total. The first-order valence-electron chi connectivity index (χ1n) is 8.08. The van der Waals surface area contributed by atoms with E-state index in [0.717, 1.165) is 12.8 Å². The minimum Gasteiger partial charge on any atom is -0.0838 e. The Labute approximate surface area is 135 Å². The Morgan fingerprint density at radius 3 is 1.23 bits per heavy atom. The highest BCUT2D eigenvalue weighted by atomic mass is 14.1. The highest BCUT2D eigenvalue weighted by Gasteiger charge is 2.05. The van der Waals surface area contributed by atoms with Crippen molar-refractivity contribution in [2.24, 2.45) is 0 Å². The van der Waals surface area contributed by atoms with Gasteiger partial charge >= 0.3 is 0 Å². The van der Waals surface area contributed by atoms with E-state index in [9.17, 15) is 0 Å². The van der Waals surface area contributed by atoms with Crippen LogP contribution in [0.5, 0.6) is 0 Å². The van der Waals surface area contributed by atoms with Gasteiger partial charge in [0.15, 0.2) is 0 Å². The molecule has 0 atom stereocenters. The topological polar surface area (TPSA) is 0 Å². The third-order valence-electron chi connectivity index (χ3n) is 4.21. The number of rotatable bonds is 5. The maximum absolute atomic E-state index is 2.24. The number of hydrogen-bond acceptors (Lipinski definition) is 0. The van der Waals surface area contributed by atoms with Gasteiger partial charge in [-0.2, -0.15) is 0 Å². The monoisotopic (exact) mass is 290 g/mol. The molecule has 22 heavy (non-hydrogen) atoms. The molecule has 114 valence electrons. The minimum absolute atomic E-state index is 1.08. The molecule has 0 saturated heterocycles. The van der Waals surface area contributed by atoms with Gasteiger partial charge < -0.3 is 0 Å². The fourth-order valence-corrected chi connectivity index (χ4v) is 2.72. The number of allylic oxidation sites excluding steroid dienone is 4. The molecule has 0 saturated carbocycles. The van der Waals surface area contributed by atoms with Crippen LogP contribution in [0.2, 0.25) is 0 Å². The van der Waals surface area contributed by atoms with Crippen molar-refractivity contribution in [1.82, 2.24) is 0 Å². The SMILES string of the molecule is C/C=C(/CC/C(=C/C)c1ccc(C)cc1)c1ccc(C)cc1. The Morgan fingerprint density at radius 2 is 0.955 bits per heavy atom. The van der Waals surface area contributed by atoms with Crippen molar-refractivity contribution < 1.29 is 0 Å². The van der Waals surface area contributed by atoms with Gasteiger partial charge in [-0.15, -0.1) is 0 Å². The van der Waals surface area contributed by atoms with E-state index in [1.54, 1.807) is 0 Å². The summed E-state index contributed by atoms with van der Waals surface area (Å²) in [5, 5.41) is 0. The molecule has 0 radical (unpaired) electrons. The van der Waals surface area contributed by atoms with E-state index in [1.807, 2.05) is 0 Å². The van der Waals surface area contributed by atoms with Crippen molar-refractivity contribution in [3.05, 3.63) is 82.9 Å². The second kappa shape index (κ2) is 7.79. The number of benzene rings is 2. The first kappa shape index (κ1) is 16.3. The summed E-state index contributed by atoms with van der Waals surface area (Å²) in [6.45, 7) is 8.54. The van der Waals surface area contributed by atoms with Crippen molar-refractivity contribution in [3.63, 3.8) is 0 Å². The second-order valence-electron chi connectivity index (χ2n) is 5.86. The molecule has 0 aliphatic heterocycles. The minimum atomic E-state index is 1.08. The van der Waals surface area contributed by atoms with Gasteiger partial charge in [-0.25, -0.2) is 0 Å². The summed E-state index contributed by atoms with van der Waals surface area (Å²) in [6.07, 6.45) is 6.64. The van der Waals surface area contributed by atoms with Gasteiger partial charge in [0.25, 0.3) is 0 Å². The Morgan fingerprint density at radius 1 is 0.636 bits per heavy atom. The van der Waals surface area contributed by atoms with Gasteiger partial charge in [-0.3, -0.25) is 0 Å². The normalized spacial score (nSPS) is 12.5. The molecular formula is C22H26. The van der Waals surface area contributed by atoms with E-state index >= 15 is 0 Å². The average molecular weight is 290 g/mol. The van der Waals surface area contributed by atoms with Crippen LogP contribution >= 0.6 is 0 Å². The molecule has 0 unspecified atom stereocenters. The predicted molar refractivity (Wildman–Crippen MR) is 98.9 cm³/mol. The van der Waals surface area contributed by atoms with Crippen LogP contribution in [0.15, 0.2) is 60.7 Å². The third kappa shape index (κ3) is 4.21. The molecule has 2 aromatic carbocycles. The van der Waals surface area contributed by atoms with Gasteiger partial charge in [0.1, 0.15) is 0 Å². The summed E-state index contributed by atoms with van der Waals surface area (Å²) in [5.41, 5.74) is 8.15. The van der Waals surface area contributed by atoms with Crippen LogP contribution < -0.4 is 0 Å². The van der Waals surface area contributed by atoms with Crippen LogP contribution in [0.25, 0.3) is 11.1 Å². The van der Waals surface area contributed by atoms with Crippen molar-refractivity contribution >= 4 is 11.1 Å².